The highest BCUT2D eigenvalue weighted by Crippen LogP contribution is 2.32. The van der Waals surface area contributed by atoms with Crippen molar-refractivity contribution in [3.05, 3.63) is 100 Å². The van der Waals surface area contributed by atoms with Gasteiger partial charge in [-0.1, -0.05) is 75.4 Å². The summed E-state index contributed by atoms with van der Waals surface area (Å²) in [7, 11) is -4.30. The normalized spacial score (nSPS) is 12.2. The van der Waals surface area contributed by atoms with Crippen molar-refractivity contribution < 1.29 is 18.1 Å². The molecule has 0 radical (unpaired) electrons. The minimum Gasteiger partial charge on any atom is -0.271 e. The van der Waals surface area contributed by atoms with E-state index in [1.165, 1.54) is 48.5 Å². The van der Waals surface area contributed by atoms with Gasteiger partial charge >= 0.3 is 0 Å². The molecule has 0 aliphatic rings. The predicted octanol–water partition coefficient (Wildman–Crippen LogP) is 4.63. The second-order valence-electron chi connectivity index (χ2n) is 9.13. The maximum atomic E-state index is 13.4. The monoisotopic (exact) mass is 508 g/mol. The van der Waals surface area contributed by atoms with E-state index < -0.39 is 33.1 Å². The smallest absolute Gasteiger partial charge is 0.271 e. The molecule has 1 amide bonds. The van der Waals surface area contributed by atoms with Crippen LogP contribution in [-0.4, -0.2) is 31.5 Å². The maximum Gasteiger partial charge on any atom is 0.293 e. The zero-order chi connectivity index (χ0) is 26.5. The molecule has 3 aromatic carbocycles. The Labute approximate surface area is 210 Å². The highest BCUT2D eigenvalue weighted by molar-refractivity contribution is 7.92. The van der Waals surface area contributed by atoms with Gasteiger partial charge in [0.1, 0.15) is 12.2 Å². The van der Waals surface area contributed by atoms with Crippen LogP contribution in [0.4, 0.5) is 11.4 Å². The van der Waals surface area contributed by atoms with Gasteiger partial charge in [0.05, 0.1) is 15.5 Å². The van der Waals surface area contributed by atoms with E-state index in [1.807, 2.05) is 24.3 Å². The molecule has 3 rings (SSSR count). The number of sulfonamides is 1. The van der Waals surface area contributed by atoms with Crippen LogP contribution in [0, 0.1) is 10.1 Å². The van der Waals surface area contributed by atoms with Crippen LogP contribution in [-0.2, 0) is 20.2 Å². The van der Waals surface area contributed by atoms with Gasteiger partial charge in [-0.25, -0.2) is 18.1 Å². The van der Waals surface area contributed by atoms with E-state index in [1.54, 1.807) is 13.0 Å². The van der Waals surface area contributed by atoms with E-state index in [4.69, 9.17) is 0 Å². The number of hydrogen-bond donors (Lipinski definition) is 1. The van der Waals surface area contributed by atoms with E-state index in [0.29, 0.717) is 5.71 Å². The number of nitro groups is 1. The first-order chi connectivity index (χ1) is 16.9. The van der Waals surface area contributed by atoms with Crippen LogP contribution < -0.4 is 9.73 Å². The van der Waals surface area contributed by atoms with E-state index >= 15 is 0 Å². The number of amides is 1. The summed E-state index contributed by atoms with van der Waals surface area (Å²) in [5, 5.41) is 15.7. The summed E-state index contributed by atoms with van der Waals surface area (Å²) >= 11 is 0. The number of benzene rings is 3. The van der Waals surface area contributed by atoms with E-state index in [-0.39, 0.29) is 16.0 Å². The number of carbonyl (C=O) groups is 1. The minimum absolute atomic E-state index is 0.00839. The van der Waals surface area contributed by atoms with Gasteiger partial charge in [-0.15, -0.1) is 0 Å². The number of hydrazone groups is 1. The van der Waals surface area contributed by atoms with Crippen molar-refractivity contribution in [2.24, 2.45) is 5.10 Å². The Morgan fingerprint density at radius 3 is 2.14 bits per heavy atom. The molecular weight excluding hydrogens is 480 g/mol. The van der Waals surface area contributed by atoms with Gasteiger partial charge in [-0.2, -0.15) is 5.10 Å². The molecule has 36 heavy (non-hydrogen) atoms. The molecule has 10 heteroatoms. The van der Waals surface area contributed by atoms with Crippen LogP contribution >= 0.6 is 0 Å². The summed E-state index contributed by atoms with van der Waals surface area (Å²) in [5.41, 5.74) is 4.15. The second kappa shape index (κ2) is 10.7. The standard InChI is InChI=1S/C26H28N4O5S/c1-19(20-14-16-21(17-15-20)26(2,3)4)27-28-25(31)18-29(23-12-8-9-13-24(23)30(32)33)36(34,35)22-10-6-5-7-11-22/h5-17H,18H2,1-4H3,(H,28,31)/b27-19-. The fourth-order valence-corrected chi connectivity index (χ4v) is 4.89. The molecule has 0 spiro atoms. The summed E-state index contributed by atoms with van der Waals surface area (Å²) in [6.45, 7) is 7.33. The molecule has 0 aromatic heterocycles. The Bertz CT molecular complexity index is 1380. The Balaban J connectivity index is 1.89. The molecule has 0 heterocycles. The number of nitrogens with one attached hydrogen (secondary N) is 1. The van der Waals surface area contributed by atoms with Crippen LogP contribution in [0.25, 0.3) is 0 Å². The molecule has 0 bridgehead atoms. The van der Waals surface area contributed by atoms with Crippen molar-refractivity contribution in [2.45, 2.75) is 38.0 Å². The van der Waals surface area contributed by atoms with E-state index in [0.717, 1.165) is 15.4 Å². The van der Waals surface area contributed by atoms with Gasteiger partial charge in [-0.3, -0.25) is 14.9 Å². The summed E-state index contributed by atoms with van der Waals surface area (Å²) in [4.78, 5) is 23.6. The molecule has 1 N–H and O–H groups in total. The molecular formula is C26H28N4O5S. The first-order valence-electron chi connectivity index (χ1n) is 11.2. The second-order valence-corrected chi connectivity index (χ2v) is 11.0. The molecule has 0 saturated heterocycles. The highest BCUT2D eigenvalue weighted by atomic mass is 32.2. The van der Waals surface area contributed by atoms with Crippen molar-refractivity contribution >= 4 is 33.0 Å². The zero-order valence-corrected chi connectivity index (χ0v) is 21.3. The minimum atomic E-state index is -4.30. The number of hydrogen-bond acceptors (Lipinski definition) is 6. The molecule has 0 unspecified atom stereocenters. The number of rotatable bonds is 8. The first-order valence-corrected chi connectivity index (χ1v) is 12.6. The summed E-state index contributed by atoms with van der Waals surface area (Å²) in [6.07, 6.45) is 0. The fourth-order valence-electron chi connectivity index (χ4n) is 3.44. The van der Waals surface area contributed by atoms with Crippen LogP contribution in [0.1, 0.15) is 38.8 Å². The highest BCUT2D eigenvalue weighted by Gasteiger charge is 2.31. The third-order valence-electron chi connectivity index (χ3n) is 5.48. The van der Waals surface area contributed by atoms with Crippen molar-refractivity contribution in [1.29, 1.82) is 0 Å². The van der Waals surface area contributed by atoms with Crippen molar-refractivity contribution in [1.82, 2.24) is 5.43 Å². The van der Waals surface area contributed by atoms with E-state index in [9.17, 15) is 23.3 Å². The van der Waals surface area contributed by atoms with Crippen molar-refractivity contribution in [3.8, 4) is 0 Å². The SMILES string of the molecule is C/C(=N/NC(=O)CN(c1ccccc1[N+](=O)[O-])S(=O)(=O)c1ccccc1)c1ccc(C(C)(C)C)cc1. The predicted molar refractivity (Wildman–Crippen MR) is 140 cm³/mol. The van der Waals surface area contributed by atoms with Gasteiger partial charge in [0.2, 0.25) is 0 Å². The number of nitro benzene ring substituents is 1. The Morgan fingerprint density at radius 2 is 1.56 bits per heavy atom. The molecule has 188 valence electrons. The molecule has 0 fully saturated rings. The van der Waals surface area contributed by atoms with Crippen LogP contribution in [0.2, 0.25) is 0 Å². The van der Waals surface area contributed by atoms with Gasteiger partial charge in [0.25, 0.3) is 21.6 Å². The Kier molecular flexibility index (Phi) is 7.89. The van der Waals surface area contributed by atoms with Crippen LogP contribution in [0.5, 0.6) is 0 Å². The van der Waals surface area contributed by atoms with Crippen LogP contribution in [0.3, 0.4) is 0 Å². The molecule has 0 atom stereocenters. The average Bonchev–Trinajstić information content (AvgIpc) is 2.85. The lowest BCUT2D eigenvalue weighted by molar-refractivity contribution is -0.384. The topological polar surface area (TPSA) is 122 Å². The van der Waals surface area contributed by atoms with Gasteiger partial charge in [0.15, 0.2) is 0 Å². The van der Waals surface area contributed by atoms with Crippen molar-refractivity contribution in [3.63, 3.8) is 0 Å². The zero-order valence-electron chi connectivity index (χ0n) is 20.5. The lowest BCUT2D eigenvalue weighted by Gasteiger charge is -2.23. The molecule has 9 nitrogen and oxygen atoms in total. The quantitative estimate of drug-likeness (QED) is 0.270. The number of anilines is 1. The first kappa shape index (κ1) is 26.6. The lowest BCUT2D eigenvalue weighted by Crippen LogP contribution is -2.40. The van der Waals surface area contributed by atoms with Gasteiger partial charge in [-0.05, 0) is 41.7 Å². The van der Waals surface area contributed by atoms with Crippen LogP contribution in [0.15, 0.2) is 88.9 Å². The maximum absolute atomic E-state index is 13.4. The lowest BCUT2D eigenvalue weighted by atomic mass is 9.86. The number of para-hydroxylation sites is 2. The third kappa shape index (κ3) is 6.14. The Hall–Kier alpha value is -4.05. The summed E-state index contributed by atoms with van der Waals surface area (Å²) in [5.74, 6) is -0.752. The molecule has 0 saturated carbocycles. The third-order valence-corrected chi connectivity index (χ3v) is 7.26. The van der Waals surface area contributed by atoms with Gasteiger partial charge in [0, 0.05) is 6.07 Å². The summed E-state index contributed by atoms with van der Waals surface area (Å²) in [6, 6.07) is 20.6. The Morgan fingerprint density at radius 1 is 0.972 bits per heavy atom. The average molecular weight is 509 g/mol. The summed E-state index contributed by atoms with van der Waals surface area (Å²) < 4.78 is 27.5. The van der Waals surface area contributed by atoms with E-state index in [2.05, 4.69) is 31.3 Å². The number of carbonyl (C=O) groups excluding carboxylic acids is 1. The largest absolute Gasteiger partial charge is 0.293 e. The van der Waals surface area contributed by atoms with Gasteiger partial charge < -0.3 is 0 Å². The van der Waals surface area contributed by atoms with Crippen molar-refractivity contribution in [2.75, 3.05) is 10.8 Å². The molecule has 0 aliphatic heterocycles. The molecule has 0 aliphatic carbocycles. The number of nitrogens with zero attached hydrogens (tertiary/aromatic N) is 3. The molecule has 3 aromatic rings. The fraction of sp³-hybridized carbons (Fsp3) is 0.231.